The van der Waals surface area contributed by atoms with Gasteiger partial charge in [-0.15, -0.1) is 0 Å². The molecule has 0 amide bonds. The van der Waals surface area contributed by atoms with Crippen LogP contribution in [-0.4, -0.2) is 52.6 Å². The summed E-state index contributed by atoms with van der Waals surface area (Å²) in [5.74, 6) is 1.48. The van der Waals surface area contributed by atoms with Gasteiger partial charge in [-0.05, 0) is 42.7 Å². The number of ether oxygens (including phenoxy) is 3. The zero-order valence-electron chi connectivity index (χ0n) is 17.5. The number of guanidine groups is 1. The van der Waals surface area contributed by atoms with Crippen LogP contribution in [0.5, 0.6) is 0 Å². The highest BCUT2D eigenvalue weighted by atomic mass is 16.5. The molecule has 0 radical (unpaired) electrons. The van der Waals surface area contributed by atoms with Gasteiger partial charge in [-0.2, -0.15) is 0 Å². The maximum Gasteiger partial charge on any atom is 0.191 e. The van der Waals surface area contributed by atoms with Crippen LogP contribution in [0.4, 0.5) is 0 Å². The average Bonchev–Trinajstić information content (AvgIpc) is 2.74. The van der Waals surface area contributed by atoms with E-state index in [1.54, 1.807) is 7.05 Å². The third-order valence-electron chi connectivity index (χ3n) is 4.85. The Balaban J connectivity index is 1.61. The molecule has 0 aromatic heterocycles. The molecule has 1 aliphatic rings. The molecule has 2 rings (SSSR count). The van der Waals surface area contributed by atoms with Crippen LogP contribution in [0.25, 0.3) is 0 Å². The molecule has 1 aliphatic heterocycles. The molecule has 158 valence electrons. The Bertz CT molecular complexity index is 560. The number of hydrogen-bond acceptors (Lipinski definition) is 4. The van der Waals surface area contributed by atoms with Gasteiger partial charge in [-0.1, -0.05) is 31.2 Å². The van der Waals surface area contributed by atoms with E-state index < -0.39 is 0 Å². The maximum absolute atomic E-state index is 5.81. The second-order valence-electron chi connectivity index (χ2n) is 7.16. The summed E-state index contributed by atoms with van der Waals surface area (Å²) in [5.41, 5.74) is 2.46. The van der Waals surface area contributed by atoms with Crippen molar-refractivity contribution in [1.29, 1.82) is 0 Å². The Morgan fingerprint density at radius 3 is 2.64 bits per heavy atom. The van der Waals surface area contributed by atoms with Crippen molar-refractivity contribution in [2.45, 2.75) is 45.8 Å². The van der Waals surface area contributed by atoms with Gasteiger partial charge in [0.05, 0.1) is 6.61 Å². The van der Waals surface area contributed by atoms with Gasteiger partial charge >= 0.3 is 0 Å². The van der Waals surface area contributed by atoms with Crippen LogP contribution in [0.2, 0.25) is 0 Å². The summed E-state index contributed by atoms with van der Waals surface area (Å²) in [6.45, 7) is 8.53. The van der Waals surface area contributed by atoms with E-state index in [0.29, 0.717) is 12.5 Å². The van der Waals surface area contributed by atoms with Gasteiger partial charge in [0.15, 0.2) is 5.96 Å². The molecule has 0 atom stereocenters. The molecule has 1 heterocycles. The monoisotopic (exact) mass is 391 g/mol. The Kier molecular flexibility index (Phi) is 11.6. The standard InChI is InChI=1S/C22H37N3O3/c1-3-12-27-18-21-8-5-4-7-20(21)16-25-22(23-2)24-11-6-13-28-17-19-9-14-26-15-10-19/h4-5,7-8,19H,3,6,9-18H2,1-2H3,(H2,23,24,25). The lowest BCUT2D eigenvalue weighted by Crippen LogP contribution is -2.37. The van der Waals surface area contributed by atoms with Gasteiger partial charge in [0.2, 0.25) is 0 Å². The molecule has 2 N–H and O–H groups in total. The fraction of sp³-hybridized carbons (Fsp3) is 0.682. The molecule has 0 bridgehead atoms. The summed E-state index contributed by atoms with van der Waals surface area (Å²) >= 11 is 0. The van der Waals surface area contributed by atoms with E-state index in [1.807, 2.05) is 0 Å². The molecule has 0 aliphatic carbocycles. The molecule has 28 heavy (non-hydrogen) atoms. The summed E-state index contributed by atoms with van der Waals surface area (Å²) in [6.07, 6.45) is 4.25. The van der Waals surface area contributed by atoms with E-state index in [0.717, 1.165) is 77.8 Å². The first-order valence-corrected chi connectivity index (χ1v) is 10.6. The number of benzene rings is 1. The van der Waals surface area contributed by atoms with Crippen LogP contribution in [-0.2, 0) is 27.4 Å². The van der Waals surface area contributed by atoms with Crippen LogP contribution >= 0.6 is 0 Å². The summed E-state index contributed by atoms with van der Waals surface area (Å²) in [7, 11) is 1.80. The van der Waals surface area contributed by atoms with Crippen molar-refractivity contribution in [1.82, 2.24) is 10.6 Å². The highest BCUT2D eigenvalue weighted by Crippen LogP contribution is 2.14. The fourth-order valence-corrected chi connectivity index (χ4v) is 3.14. The maximum atomic E-state index is 5.81. The number of hydrogen-bond donors (Lipinski definition) is 2. The first-order chi connectivity index (χ1) is 13.8. The minimum Gasteiger partial charge on any atom is -0.381 e. The van der Waals surface area contributed by atoms with Gasteiger partial charge < -0.3 is 24.8 Å². The lowest BCUT2D eigenvalue weighted by atomic mass is 10.0. The largest absolute Gasteiger partial charge is 0.381 e. The van der Waals surface area contributed by atoms with E-state index in [-0.39, 0.29) is 0 Å². The van der Waals surface area contributed by atoms with E-state index in [2.05, 4.69) is 46.8 Å². The molecule has 1 saturated heterocycles. The third-order valence-corrected chi connectivity index (χ3v) is 4.85. The highest BCUT2D eigenvalue weighted by molar-refractivity contribution is 5.79. The van der Waals surface area contributed by atoms with Crippen molar-refractivity contribution in [2.24, 2.45) is 10.9 Å². The normalized spacial score (nSPS) is 15.6. The number of nitrogens with one attached hydrogen (secondary N) is 2. The van der Waals surface area contributed by atoms with Crippen molar-refractivity contribution in [3.05, 3.63) is 35.4 Å². The smallest absolute Gasteiger partial charge is 0.191 e. The predicted octanol–water partition coefficient (Wildman–Crippen LogP) is 3.11. The Hall–Kier alpha value is -1.63. The fourth-order valence-electron chi connectivity index (χ4n) is 3.14. The average molecular weight is 392 g/mol. The van der Waals surface area contributed by atoms with Crippen LogP contribution in [0.3, 0.4) is 0 Å². The van der Waals surface area contributed by atoms with Gasteiger partial charge in [-0.25, -0.2) is 0 Å². The number of rotatable bonds is 12. The van der Waals surface area contributed by atoms with Crippen molar-refractivity contribution in [3.8, 4) is 0 Å². The topological polar surface area (TPSA) is 64.1 Å². The zero-order chi connectivity index (χ0) is 19.9. The van der Waals surface area contributed by atoms with Crippen LogP contribution in [0, 0.1) is 5.92 Å². The van der Waals surface area contributed by atoms with E-state index in [9.17, 15) is 0 Å². The van der Waals surface area contributed by atoms with E-state index >= 15 is 0 Å². The van der Waals surface area contributed by atoms with Gasteiger partial charge in [-0.3, -0.25) is 4.99 Å². The van der Waals surface area contributed by atoms with Crippen LogP contribution in [0.1, 0.15) is 43.7 Å². The van der Waals surface area contributed by atoms with E-state index in [1.165, 1.54) is 11.1 Å². The lowest BCUT2D eigenvalue weighted by Gasteiger charge is -2.21. The van der Waals surface area contributed by atoms with Gasteiger partial charge in [0.1, 0.15) is 0 Å². The molecule has 0 spiro atoms. The Morgan fingerprint density at radius 1 is 1.11 bits per heavy atom. The summed E-state index contributed by atoms with van der Waals surface area (Å²) < 4.78 is 16.9. The zero-order valence-corrected chi connectivity index (χ0v) is 17.5. The molecular weight excluding hydrogens is 354 g/mol. The van der Waals surface area contributed by atoms with Gasteiger partial charge in [0, 0.05) is 53.2 Å². The SMILES string of the molecule is CCCOCc1ccccc1CNC(=NC)NCCCOCC1CCOCC1. The summed E-state index contributed by atoms with van der Waals surface area (Å²) in [6, 6.07) is 8.38. The van der Waals surface area contributed by atoms with Crippen molar-refractivity contribution in [2.75, 3.05) is 46.6 Å². The minimum absolute atomic E-state index is 0.655. The molecule has 1 aromatic rings. The van der Waals surface area contributed by atoms with E-state index in [4.69, 9.17) is 14.2 Å². The van der Waals surface area contributed by atoms with Crippen LogP contribution < -0.4 is 10.6 Å². The van der Waals surface area contributed by atoms with Crippen molar-refractivity contribution in [3.63, 3.8) is 0 Å². The summed E-state index contributed by atoms with van der Waals surface area (Å²) in [4.78, 5) is 4.31. The molecule has 6 nitrogen and oxygen atoms in total. The first-order valence-electron chi connectivity index (χ1n) is 10.6. The first kappa shape index (κ1) is 22.7. The second-order valence-corrected chi connectivity index (χ2v) is 7.16. The van der Waals surface area contributed by atoms with Crippen LogP contribution in [0.15, 0.2) is 29.3 Å². The van der Waals surface area contributed by atoms with Gasteiger partial charge in [0.25, 0.3) is 0 Å². The minimum atomic E-state index is 0.655. The molecule has 6 heteroatoms. The molecule has 0 unspecified atom stereocenters. The number of nitrogens with zero attached hydrogens (tertiary/aromatic N) is 1. The summed E-state index contributed by atoms with van der Waals surface area (Å²) in [5, 5.41) is 6.75. The lowest BCUT2D eigenvalue weighted by molar-refractivity contribution is 0.0203. The highest BCUT2D eigenvalue weighted by Gasteiger charge is 2.13. The predicted molar refractivity (Wildman–Crippen MR) is 114 cm³/mol. The van der Waals surface area contributed by atoms with Crippen molar-refractivity contribution >= 4 is 5.96 Å². The molecular formula is C22H37N3O3. The van der Waals surface area contributed by atoms with Crippen molar-refractivity contribution < 1.29 is 14.2 Å². The molecule has 0 saturated carbocycles. The Labute approximate surface area is 170 Å². The molecule has 1 aromatic carbocycles. The Morgan fingerprint density at radius 2 is 1.89 bits per heavy atom. The molecule has 1 fully saturated rings. The third kappa shape index (κ3) is 9.04. The second kappa shape index (κ2) is 14.4. The quantitative estimate of drug-likeness (QED) is 0.326. The number of aliphatic imine (C=N–C) groups is 1.